The molecular formula is C11H13BrN2O3. The number of nitrogens with one attached hydrogen (secondary N) is 1. The largest absolute Gasteiger partial charge is 0.469 e. The van der Waals surface area contributed by atoms with E-state index in [0.717, 1.165) is 4.47 Å². The molecule has 0 aliphatic heterocycles. The van der Waals surface area contributed by atoms with Gasteiger partial charge in [-0.15, -0.1) is 0 Å². The first kappa shape index (κ1) is 13.5. The van der Waals surface area contributed by atoms with Crippen LogP contribution in [-0.4, -0.2) is 25.5 Å². The fourth-order valence-electron chi connectivity index (χ4n) is 1.23. The van der Waals surface area contributed by atoms with Crippen molar-refractivity contribution in [2.24, 2.45) is 0 Å². The maximum atomic E-state index is 11.7. The van der Waals surface area contributed by atoms with Crippen LogP contribution in [0.3, 0.4) is 0 Å². The molecule has 3 N–H and O–H groups in total. The van der Waals surface area contributed by atoms with Crippen LogP contribution < -0.4 is 11.1 Å². The van der Waals surface area contributed by atoms with E-state index in [9.17, 15) is 9.59 Å². The van der Waals surface area contributed by atoms with Crippen molar-refractivity contribution in [3.05, 3.63) is 28.2 Å². The Morgan fingerprint density at radius 2 is 2.12 bits per heavy atom. The van der Waals surface area contributed by atoms with E-state index in [0.29, 0.717) is 11.3 Å². The van der Waals surface area contributed by atoms with Gasteiger partial charge in [-0.05, 0) is 18.2 Å². The van der Waals surface area contributed by atoms with Crippen LogP contribution in [0.4, 0.5) is 5.69 Å². The van der Waals surface area contributed by atoms with Gasteiger partial charge in [-0.1, -0.05) is 15.9 Å². The molecular weight excluding hydrogens is 288 g/mol. The molecule has 0 unspecified atom stereocenters. The summed E-state index contributed by atoms with van der Waals surface area (Å²) in [6.07, 6.45) is 0.145. The van der Waals surface area contributed by atoms with Crippen LogP contribution in [0.25, 0.3) is 0 Å². The first-order valence-electron chi connectivity index (χ1n) is 4.94. The third kappa shape index (κ3) is 4.44. The predicted octanol–water partition coefficient (Wildman–Crippen LogP) is 1.32. The highest BCUT2D eigenvalue weighted by Gasteiger charge is 2.08. The lowest BCUT2D eigenvalue weighted by Crippen LogP contribution is -2.26. The SMILES string of the molecule is COC(=O)CCNC(=O)c1cc(N)cc(Br)c1. The Morgan fingerprint density at radius 3 is 2.71 bits per heavy atom. The highest BCUT2D eigenvalue weighted by Crippen LogP contribution is 2.17. The molecule has 1 aromatic rings. The molecule has 0 radical (unpaired) electrons. The maximum absolute atomic E-state index is 11.7. The molecule has 1 amide bonds. The number of amides is 1. The van der Waals surface area contributed by atoms with E-state index in [1.165, 1.54) is 7.11 Å². The number of carbonyl (C=O) groups is 2. The van der Waals surface area contributed by atoms with Gasteiger partial charge in [-0.2, -0.15) is 0 Å². The number of ether oxygens (including phenoxy) is 1. The van der Waals surface area contributed by atoms with Crippen molar-refractivity contribution in [1.82, 2.24) is 5.32 Å². The molecule has 0 fully saturated rings. The Morgan fingerprint density at radius 1 is 1.41 bits per heavy atom. The summed E-state index contributed by atoms with van der Waals surface area (Å²) in [4.78, 5) is 22.5. The molecule has 17 heavy (non-hydrogen) atoms. The normalized spacial score (nSPS) is 9.76. The summed E-state index contributed by atoms with van der Waals surface area (Å²) in [5, 5.41) is 2.60. The molecule has 0 saturated carbocycles. The minimum atomic E-state index is -0.362. The Balaban J connectivity index is 2.55. The molecule has 0 aliphatic rings. The van der Waals surface area contributed by atoms with Crippen LogP contribution in [0, 0.1) is 0 Å². The number of nitrogens with two attached hydrogens (primary N) is 1. The van der Waals surface area contributed by atoms with Crippen LogP contribution in [0.2, 0.25) is 0 Å². The number of methoxy groups -OCH3 is 1. The minimum absolute atomic E-state index is 0.145. The number of rotatable bonds is 4. The van der Waals surface area contributed by atoms with Gasteiger partial charge in [0.15, 0.2) is 0 Å². The summed E-state index contributed by atoms with van der Waals surface area (Å²) >= 11 is 3.25. The second kappa shape index (κ2) is 6.24. The first-order valence-corrected chi connectivity index (χ1v) is 5.73. The lowest BCUT2D eigenvalue weighted by Gasteiger charge is -2.05. The van der Waals surface area contributed by atoms with Gasteiger partial charge in [0, 0.05) is 22.3 Å². The lowest BCUT2D eigenvalue weighted by molar-refractivity contribution is -0.140. The smallest absolute Gasteiger partial charge is 0.307 e. The quantitative estimate of drug-likeness (QED) is 0.649. The van der Waals surface area contributed by atoms with Gasteiger partial charge in [0.25, 0.3) is 5.91 Å². The summed E-state index contributed by atoms with van der Waals surface area (Å²) in [6.45, 7) is 0.234. The fraction of sp³-hybridized carbons (Fsp3) is 0.273. The Hall–Kier alpha value is -1.56. The zero-order valence-corrected chi connectivity index (χ0v) is 10.9. The van der Waals surface area contributed by atoms with Gasteiger partial charge in [-0.3, -0.25) is 9.59 Å². The Labute approximate surface area is 107 Å². The molecule has 1 aromatic carbocycles. The molecule has 0 atom stereocenters. The van der Waals surface area contributed by atoms with E-state index in [1.54, 1.807) is 18.2 Å². The number of hydrogen-bond donors (Lipinski definition) is 2. The van der Waals surface area contributed by atoms with Gasteiger partial charge >= 0.3 is 5.97 Å². The van der Waals surface area contributed by atoms with Gasteiger partial charge in [0.2, 0.25) is 0 Å². The van der Waals surface area contributed by atoms with Crippen molar-refractivity contribution in [1.29, 1.82) is 0 Å². The van der Waals surface area contributed by atoms with Crippen molar-refractivity contribution in [3.63, 3.8) is 0 Å². The van der Waals surface area contributed by atoms with Crippen LogP contribution in [0.1, 0.15) is 16.8 Å². The number of carbonyl (C=O) groups excluding carboxylic acids is 2. The van der Waals surface area contributed by atoms with E-state index in [-0.39, 0.29) is 24.8 Å². The van der Waals surface area contributed by atoms with Crippen LogP contribution in [0.5, 0.6) is 0 Å². The highest BCUT2D eigenvalue weighted by molar-refractivity contribution is 9.10. The Bertz CT molecular complexity index is 414. The number of halogens is 1. The zero-order valence-electron chi connectivity index (χ0n) is 9.33. The van der Waals surface area contributed by atoms with Gasteiger partial charge < -0.3 is 15.8 Å². The van der Waals surface area contributed by atoms with Crippen molar-refractivity contribution in [2.45, 2.75) is 6.42 Å². The van der Waals surface area contributed by atoms with Crippen LogP contribution in [-0.2, 0) is 9.53 Å². The zero-order chi connectivity index (χ0) is 12.8. The number of nitrogen functional groups attached to an aromatic ring is 1. The highest BCUT2D eigenvalue weighted by atomic mass is 79.9. The number of anilines is 1. The van der Waals surface area contributed by atoms with Gasteiger partial charge in [0.1, 0.15) is 0 Å². The van der Waals surface area contributed by atoms with Crippen LogP contribution >= 0.6 is 15.9 Å². The summed E-state index contributed by atoms with van der Waals surface area (Å²) in [6, 6.07) is 4.92. The Kier molecular flexibility index (Phi) is 4.96. The monoisotopic (exact) mass is 300 g/mol. The second-order valence-corrected chi connectivity index (χ2v) is 4.27. The third-order valence-corrected chi connectivity index (χ3v) is 2.48. The fourth-order valence-corrected chi connectivity index (χ4v) is 1.74. The van der Waals surface area contributed by atoms with E-state index in [2.05, 4.69) is 26.0 Å². The number of hydrogen-bond acceptors (Lipinski definition) is 4. The molecule has 0 spiro atoms. The first-order chi connectivity index (χ1) is 8.02. The molecule has 0 heterocycles. The average Bonchev–Trinajstić information content (AvgIpc) is 2.27. The number of benzene rings is 1. The maximum Gasteiger partial charge on any atom is 0.307 e. The van der Waals surface area contributed by atoms with E-state index >= 15 is 0 Å². The van der Waals surface area contributed by atoms with Crippen molar-refractivity contribution in [3.8, 4) is 0 Å². The molecule has 0 aliphatic carbocycles. The second-order valence-electron chi connectivity index (χ2n) is 3.36. The summed E-state index contributed by atoms with van der Waals surface area (Å²) in [7, 11) is 1.30. The predicted molar refractivity (Wildman–Crippen MR) is 67.5 cm³/mol. The third-order valence-electron chi connectivity index (χ3n) is 2.02. The van der Waals surface area contributed by atoms with Crippen molar-refractivity contribution >= 4 is 33.5 Å². The molecule has 0 bridgehead atoms. The number of esters is 1. The van der Waals surface area contributed by atoms with Crippen molar-refractivity contribution in [2.75, 3.05) is 19.4 Å². The standard InChI is InChI=1S/C11H13BrN2O3/c1-17-10(15)2-3-14-11(16)7-4-8(12)6-9(13)5-7/h4-6H,2-3,13H2,1H3,(H,14,16). The topological polar surface area (TPSA) is 81.4 Å². The minimum Gasteiger partial charge on any atom is -0.469 e. The van der Waals surface area contributed by atoms with E-state index in [4.69, 9.17) is 5.73 Å². The average molecular weight is 301 g/mol. The van der Waals surface area contributed by atoms with Gasteiger partial charge in [-0.25, -0.2) is 0 Å². The molecule has 0 saturated heterocycles. The molecule has 0 aromatic heterocycles. The van der Waals surface area contributed by atoms with E-state index in [1.807, 2.05) is 0 Å². The summed E-state index contributed by atoms with van der Waals surface area (Å²) < 4.78 is 5.19. The van der Waals surface area contributed by atoms with Crippen molar-refractivity contribution < 1.29 is 14.3 Å². The van der Waals surface area contributed by atoms with E-state index < -0.39 is 0 Å². The van der Waals surface area contributed by atoms with Crippen LogP contribution in [0.15, 0.2) is 22.7 Å². The lowest BCUT2D eigenvalue weighted by atomic mass is 10.2. The summed E-state index contributed by atoms with van der Waals surface area (Å²) in [5.74, 6) is -0.638. The van der Waals surface area contributed by atoms with Gasteiger partial charge in [0.05, 0.1) is 13.5 Å². The molecule has 5 nitrogen and oxygen atoms in total. The molecule has 92 valence electrons. The summed E-state index contributed by atoms with van der Waals surface area (Å²) in [5.41, 5.74) is 6.56. The molecule has 6 heteroatoms. The molecule has 1 rings (SSSR count).